The van der Waals surface area contributed by atoms with Crippen LogP contribution in [-0.2, 0) is 0 Å². The summed E-state index contributed by atoms with van der Waals surface area (Å²) < 4.78 is 6.11. The summed E-state index contributed by atoms with van der Waals surface area (Å²) in [6, 6.07) is 32.2. The summed E-state index contributed by atoms with van der Waals surface area (Å²) in [6.07, 6.45) is 2.85. The molecule has 0 saturated carbocycles. The summed E-state index contributed by atoms with van der Waals surface area (Å²) in [6.45, 7) is 6.13. The fourth-order valence-corrected chi connectivity index (χ4v) is 4.80. The minimum absolute atomic E-state index is 0.317. The highest BCUT2D eigenvalue weighted by molar-refractivity contribution is 5.84. The molecule has 1 aromatic heterocycles. The molecule has 4 nitrogen and oxygen atoms in total. The molecular formula is C29H31N3O. The summed E-state index contributed by atoms with van der Waals surface area (Å²) in [5.74, 6) is 0.930. The molecule has 1 aliphatic rings. The first kappa shape index (κ1) is 21.6. The zero-order valence-corrected chi connectivity index (χ0v) is 19.0. The van der Waals surface area contributed by atoms with E-state index in [4.69, 9.17) is 4.74 Å². The summed E-state index contributed by atoms with van der Waals surface area (Å²) in [5.41, 5.74) is 3.72. The zero-order chi connectivity index (χ0) is 22.3. The van der Waals surface area contributed by atoms with Crippen LogP contribution in [0.2, 0.25) is 0 Å². The van der Waals surface area contributed by atoms with Crippen LogP contribution in [0.15, 0.2) is 97.2 Å². The van der Waals surface area contributed by atoms with Gasteiger partial charge < -0.3 is 9.64 Å². The van der Waals surface area contributed by atoms with Gasteiger partial charge in [0.25, 0.3) is 0 Å². The van der Waals surface area contributed by atoms with Crippen LogP contribution in [0, 0.1) is 0 Å². The highest BCUT2D eigenvalue weighted by Crippen LogP contribution is 2.29. The predicted octanol–water partition coefficient (Wildman–Crippen LogP) is 5.41. The van der Waals surface area contributed by atoms with Gasteiger partial charge in [-0.15, -0.1) is 0 Å². The van der Waals surface area contributed by atoms with Crippen molar-refractivity contribution in [2.45, 2.75) is 12.5 Å². The lowest BCUT2D eigenvalue weighted by molar-refractivity contribution is 0.105. The molecule has 5 rings (SSSR count). The molecule has 0 bridgehead atoms. The first-order valence-electron chi connectivity index (χ1n) is 11.9. The van der Waals surface area contributed by atoms with Gasteiger partial charge in [-0.1, -0.05) is 66.7 Å². The highest BCUT2D eigenvalue weighted by Gasteiger charge is 2.26. The van der Waals surface area contributed by atoms with Crippen LogP contribution in [0.25, 0.3) is 10.9 Å². The maximum absolute atomic E-state index is 6.11. The van der Waals surface area contributed by atoms with Gasteiger partial charge in [-0.2, -0.15) is 0 Å². The van der Waals surface area contributed by atoms with Gasteiger partial charge in [0.2, 0.25) is 0 Å². The normalized spacial score (nSPS) is 15.2. The van der Waals surface area contributed by atoms with Gasteiger partial charge in [-0.25, -0.2) is 0 Å². The number of nitrogens with zero attached hydrogens (tertiary/aromatic N) is 3. The molecule has 0 unspecified atom stereocenters. The molecule has 0 amide bonds. The Labute approximate surface area is 196 Å². The van der Waals surface area contributed by atoms with Crippen LogP contribution in [0.1, 0.15) is 23.6 Å². The fourth-order valence-electron chi connectivity index (χ4n) is 4.80. The summed E-state index contributed by atoms with van der Waals surface area (Å²) in [7, 11) is 0. The molecule has 0 N–H and O–H groups in total. The lowest BCUT2D eigenvalue weighted by atomic mass is 9.96. The van der Waals surface area contributed by atoms with Gasteiger partial charge in [-0.3, -0.25) is 9.88 Å². The third-order valence-electron chi connectivity index (χ3n) is 6.48. The number of piperazine rings is 1. The Hall–Kier alpha value is -3.21. The van der Waals surface area contributed by atoms with Crippen molar-refractivity contribution in [1.82, 2.24) is 14.8 Å². The number of hydrogen-bond donors (Lipinski definition) is 0. The summed E-state index contributed by atoms with van der Waals surface area (Å²) in [4.78, 5) is 9.61. The van der Waals surface area contributed by atoms with Gasteiger partial charge in [-0.05, 0) is 41.8 Å². The Morgan fingerprint density at radius 3 is 2.12 bits per heavy atom. The molecule has 0 atom stereocenters. The van der Waals surface area contributed by atoms with Crippen molar-refractivity contribution < 1.29 is 4.74 Å². The van der Waals surface area contributed by atoms with E-state index in [9.17, 15) is 0 Å². The van der Waals surface area contributed by atoms with Gasteiger partial charge >= 0.3 is 0 Å². The number of benzene rings is 3. The molecule has 2 heterocycles. The topological polar surface area (TPSA) is 28.6 Å². The van der Waals surface area contributed by atoms with E-state index in [-0.39, 0.29) is 0 Å². The standard InChI is InChI=1S/C29H31N3O/c1-3-10-24(11-4-1)29(25-12-5-2-6-13-25)32-21-19-31(20-22-32)18-9-23-33-28-16-7-15-27-26(28)14-8-17-30-27/h1-8,10-17,29H,9,18-23H2. The Morgan fingerprint density at radius 2 is 1.42 bits per heavy atom. The van der Waals surface area contributed by atoms with E-state index in [0.29, 0.717) is 6.04 Å². The first-order chi connectivity index (χ1) is 16.4. The highest BCUT2D eigenvalue weighted by atomic mass is 16.5. The van der Waals surface area contributed by atoms with Gasteiger partial charge in [0.1, 0.15) is 5.75 Å². The molecule has 1 saturated heterocycles. The minimum atomic E-state index is 0.317. The Morgan fingerprint density at radius 1 is 0.727 bits per heavy atom. The quantitative estimate of drug-likeness (QED) is 0.345. The van der Waals surface area contributed by atoms with E-state index in [0.717, 1.165) is 62.4 Å². The average Bonchev–Trinajstić information content (AvgIpc) is 2.89. The predicted molar refractivity (Wildman–Crippen MR) is 135 cm³/mol. The van der Waals surface area contributed by atoms with E-state index in [1.54, 1.807) is 0 Å². The third kappa shape index (κ3) is 5.24. The average molecular weight is 438 g/mol. The van der Waals surface area contributed by atoms with Crippen LogP contribution in [0.3, 0.4) is 0 Å². The Balaban J connectivity index is 1.14. The number of aromatic nitrogens is 1. The van der Waals surface area contributed by atoms with Gasteiger partial charge in [0.15, 0.2) is 0 Å². The number of fused-ring (bicyclic) bond motifs is 1. The summed E-state index contributed by atoms with van der Waals surface area (Å²) >= 11 is 0. The van der Waals surface area contributed by atoms with E-state index >= 15 is 0 Å². The van der Waals surface area contributed by atoms with Crippen LogP contribution < -0.4 is 4.74 Å². The van der Waals surface area contributed by atoms with Crippen LogP contribution in [-0.4, -0.2) is 54.1 Å². The maximum Gasteiger partial charge on any atom is 0.128 e. The SMILES string of the molecule is c1ccc(C(c2ccccc2)N2CCN(CCCOc3cccc4ncccc34)CC2)cc1. The largest absolute Gasteiger partial charge is 0.493 e. The molecule has 168 valence electrons. The molecule has 1 fully saturated rings. The maximum atomic E-state index is 6.11. The smallest absolute Gasteiger partial charge is 0.128 e. The lowest BCUT2D eigenvalue weighted by Gasteiger charge is -2.39. The van der Waals surface area contributed by atoms with E-state index in [1.165, 1.54) is 11.1 Å². The van der Waals surface area contributed by atoms with Crippen molar-refractivity contribution in [3.05, 3.63) is 108 Å². The number of hydrogen-bond acceptors (Lipinski definition) is 4. The van der Waals surface area contributed by atoms with Crippen molar-refractivity contribution in [1.29, 1.82) is 0 Å². The Bertz CT molecular complexity index is 1100. The zero-order valence-electron chi connectivity index (χ0n) is 19.0. The molecule has 4 heteroatoms. The number of pyridine rings is 1. The van der Waals surface area contributed by atoms with Gasteiger partial charge in [0, 0.05) is 44.3 Å². The second-order valence-electron chi connectivity index (χ2n) is 8.63. The second kappa shape index (κ2) is 10.6. The van der Waals surface area contributed by atoms with E-state index in [1.807, 2.05) is 30.5 Å². The Kier molecular flexibility index (Phi) is 6.95. The van der Waals surface area contributed by atoms with E-state index < -0.39 is 0 Å². The number of ether oxygens (including phenoxy) is 1. The molecule has 0 spiro atoms. The van der Waals surface area contributed by atoms with E-state index in [2.05, 4.69) is 81.5 Å². The fraction of sp³-hybridized carbons (Fsp3) is 0.276. The number of rotatable bonds is 8. The third-order valence-corrected chi connectivity index (χ3v) is 6.48. The summed E-state index contributed by atoms with van der Waals surface area (Å²) in [5, 5.41) is 1.08. The minimum Gasteiger partial charge on any atom is -0.493 e. The first-order valence-corrected chi connectivity index (χ1v) is 11.9. The lowest BCUT2D eigenvalue weighted by Crippen LogP contribution is -2.48. The van der Waals surface area contributed by atoms with Crippen molar-refractivity contribution in [2.24, 2.45) is 0 Å². The van der Waals surface area contributed by atoms with Crippen molar-refractivity contribution >= 4 is 10.9 Å². The molecule has 1 aliphatic heterocycles. The second-order valence-corrected chi connectivity index (χ2v) is 8.63. The van der Waals surface area contributed by atoms with Crippen molar-refractivity contribution in [3.63, 3.8) is 0 Å². The molecule has 3 aromatic carbocycles. The van der Waals surface area contributed by atoms with Crippen molar-refractivity contribution in [2.75, 3.05) is 39.3 Å². The van der Waals surface area contributed by atoms with Crippen LogP contribution in [0.4, 0.5) is 0 Å². The monoisotopic (exact) mass is 437 g/mol. The molecule has 33 heavy (non-hydrogen) atoms. The van der Waals surface area contributed by atoms with Crippen LogP contribution >= 0.6 is 0 Å². The molecular weight excluding hydrogens is 406 g/mol. The van der Waals surface area contributed by atoms with Gasteiger partial charge in [0.05, 0.1) is 18.2 Å². The van der Waals surface area contributed by atoms with Crippen molar-refractivity contribution in [3.8, 4) is 5.75 Å². The van der Waals surface area contributed by atoms with Crippen LogP contribution in [0.5, 0.6) is 5.75 Å². The molecule has 0 radical (unpaired) electrons. The molecule has 4 aromatic rings. The molecule has 0 aliphatic carbocycles.